The van der Waals surface area contributed by atoms with Crippen molar-refractivity contribution >= 4 is 39.2 Å². The molecule has 0 bridgehead atoms. The van der Waals surface area contributed by atoms with Crippen molar-refractivity contribution < 1.29 is 4.79 Å². The molecule has 1 amide bonds. The average molecular weight is 348 g/mol. The highest BCUT2D eigenvalue weighted by molar-refractivity contribution is 7.15. The summed E-state index contributed by atoms with van der Waals surface area (Å²) in [5.41, 5.74) is 1.91. The third-order valence-electron chi connectivity index (χ3n) is 3.83. The Labute approximate surface area is 149 Å². The van der Waals surface area contributed by atoms with Crippen molar-refractivity contribution in [3.8, 4) is 6.07 Å². The van der Waals surface area contributed by atoms with Gasteiger partial charge in [0.25, 0.3) is 5.91 Å². The standard InChI is InChI=1S/C19H16N4OS/c1-3-17-22-23-19(25-17)21-18(24)14(11-20)10-16-12(2)8-9-13-6-4-5-7-15(13)16/h4-10H,3H2,1-2H3,(H,21,23,24). The second-order valence-corrected chi connectivity index (χ2v) is 6.56. The molecule has 0 aliphatic heterocycles. The third kappa shape index (κ3) is 3.57. The molecule has 0 saturated heterocycles. The van der Waals surface area contributed by atoms with Crippen molar-refractivity contribution in [2.24, 2.45) is 0 Å². The van der Waals surface area contributed by atoms with Crippen molar-refractivity contribution in [1.82, 2.24) is 10.2 Å². The first-order valence-electron chi connectivity index (χ1n) is 7.86. The molecule has 0 saturated carbocycles. The van der Waals surface area contributed by atoms with E-state index >= 15 is 0 Å². The second-order valence-electron chi connectivity index (χ2n) is 5.50. The van der Waals surface area contributed by atoms with E-state index < -0.39 is 5.91 Å². The van der Waals surface area contributed by atoms with Gasteiger partial charge in [-0.25, -0.2) is 0 Å². The number of aromatic nitrogens is 2. The molecule has 0 aliphatic carbocycles. The maximum atomic E-state index is 12.4. The minimum Gasteiger partial charge on any atom is -0.296 e. The molecule has 1 N–H and O–H groups in total. The van der Waals surface area contributed by atoms with Gasteiger partial charge in [-0.3, -0.25) is 10.1 Å². The highest BCUT2D eigenvalue weighted by atomic mass is 32.1. The number of benzene rings is 2. The number of carbonyl (C=O) groups is 1. The first kappa shape index (κ1) is 16.8. The number of anilines is 1. The van der Waals surface area contributed by atoms with Gasteiger partial charge in [0.05, 0.1) is 0 Å². The van der Waals surface area contributed by atoms with E-state index in [1.54, 1.807) is 6.08 Å². The van der Waals surface area contributed by atoms with Gasteiger partial charge >= 0.3 is 0 Å². The normalized spacial score (nSPS) is 11.3. The number of hydrogen-bond acceptors (Lipinski definition) is 5. The Balaban J connectivity index is 1.97. The molecule has 0 fully saturated rings. The molecule has 6 heteroatoms. The number of amides is 1. The minimum absolute atomic E-state index is 0.0349. The minimum atomic E-state index is -0.478. The van der Waals surface area contributed by atoms with Crippen molar-refractivity contribution in [3.63, 3.8) is 0 Å². The number of rotatable bonds is 4. The molecule has 0 aliphatic rings. The van der Waals surface area contributed by atoms with Crippen LogP contribution >= 0.6 is 11.3 Å². The maximum absolute atomic E-state index is 12.4. The zero-order chi connectivity index (χ0) is 17.8. The van der Waals surface area contributed by atoms with Gasteiger partial charge in [-0.2, -0.15) is 5.26 Å². The summed E-state index contributed by atoms with van der Waals surface area (Å²) in [5.74, 6) is -0.478. The lowest BCUT2D eigenvalue weighted by atomic mass is 9.98. The summed E-state index contributed by atoms with van der Waals surface area (Å²) in [5, 5.41) is 23.3. The maximum Gasteiger partial charge on any atom is 0.268 e. The molecule has 5 nitrogen and oxygen atoms in total. The number of hydrogen-bond donors (Lipinski definition) is 1. The van der Waals surface area contributed by atoms with Crippen LogP contribution in [-0.2, 0) is 11.2 Å². The fraction of sp³-hybridized carbons (Fsp3) is 0.158. The van der Waals surface area contributed by atoms with Crippen LogP contribution in [0.1, 0.15) is 23.1 Å². The van der Waals surface area contributed by atoms with E-state index in [-0.39, 0.29) is 5.57 Å². The largest absolute Gasteiger partial charge is 0.296 e. The molecule has 124 valence electrons. The van der Waals surface area contributed by atoms with Crippen molar-refractivity contribution in [2.75, 3.05) is 5.32 Å². The van der Waals surface area contributed by atoms with E-state index in [1.165, 1.54) is 11.3 Å². The Morgan fingerprint density at radius 1 is 1.28 bits per heavy atom. The molecule has 3 aromatic rings. The van der Waals surface area contributed by atoms with Crippen molar-refractivity contribution in [1.29, 1.82) is 5.26 Å². The number of carbonyl (C=O) groups excluding carboxylic acids is 1. The van der Waals surface area contributed by atoms with Gasteiger partial charge < -0.3 is 0 Å². The Morgan fingerprint density at radius 2 is 2.08 bits per heavy atom. The molecular formula is C19H16N4OS. The van der Waals surface area contributed by atoms with Crippen LogP contribution in [0.5, 0.6) is 0 Å². The quantitative estimate of drug-likeness (QED) is 0.568. The molecule has 0 spiro atoms. The Morgan fingerprint density at radius 3 is 2.80 bits per heavy atom. The van der Waals surface area contributed by atoms with E-state index in [2.05, 4.69) is 15.5 Å². The monoisotopic (exact) mass is 348 g/mol. The van der Waals surface area contributed by atoms with Gasteiger partial charge in [0, 0.05) is 0 Å². The van der Waals surface area contributed by atoms with E-state index in [0.29, 0.717) is 5.13 Å². The summed E-state index contributed by atoms with van der Waals surface area (Å²) in [4.78, 5) is 12.4. The molecule has 25 heavy (non-hydrogen) atoms. The Bertz CT molecular complexity index is 1010. The zero-order valence-corrected chi connectivity index (χ0v) is 14.7. The van der Waals surface area contributed by atoms with Crippen LogP contribution in [0.4, 0.5) is 5.13 Å². The van der Waals surface area contributed by atoms with Gasteiger partial charge in [-0.15, -0.1) is 10.2 Å². The molecule has 0 atom stereocenters. The summed E-state index contributed by atoms with van der Waals surface area (Å²) < 4.78 is 0. The van der Waals surface area contributed by atoms with Crippen LogP contribution in [0.3, 0.4) is 0 Å². The Hall–Kier alpha value is -3.04. The van der Waals surface area contributed by atoms with Crippen LogP contribution in [0.25, 0.3) is 16.8 Å². The molecule has 0 radical (unpaired) electrons. The van der Waals surface area contributed by atoms with E-state index in [4.69, 9.17) is 0 Å². The highest BCUT2D eigenvalue weighted by Crippen LogP contribution is 2.25. The topological polar surface area (TPSA) is 78.7 Å². The second kappa shape index (κ2) is 7.24. The summed E-state index contributed by atoms with van der Waals surface area (Å²) >= 11 is 1.31. The lowest BCUT2D eigenvalue weighted by molar-refractivity contribution is -0.112. The predicted octanol–water partition coefficient (Wildman–Crippen LogP) is 4.11. The fourth-order valence-electron chi connectivity index (χ4n) is 2.50. The fourth-order valence-corrected chi connectivity index (χ4v) is 3.18. The van der Waals surface area contributed by atoms with Crippen LogP contribution in [0.15, 0.2) is 42.0 Å². The van der Waals surface area contributed by atoms with Crippen LogP contribution < -0.4 is 5.32 Å². The number of fused-ring (bicyclic) bond motifs is 1. The first-order chi connectivity index (χ1) is 12.1. The summed E-state index contributed by atoms with van der Waals surface area (Å²) in [6.45, 7) is 3.93. The van der Waals surface area contributed by atoms with Gasteiger partial charge in [-0.05, 0) is 41.3 Å². The van der Waals surface area contributed by atoms with Crippen molar-refractivity contribution in [3.05, 3.63) is 58.1 Å². The summed E-state index contributed by atoms with van der Waals surface area (Å²) in [6.07, 6.45) is 2.39. The zero-order valence-electron chi connectivity index (χ0n) is 13.9. The van der Waals surface area contributed by atoms with Gasteiger partial charge in [0.1, 0.15) is 16.6 Å². The Kier molecular flexibility index (Phi) is 4.87. The number of nitrogens with zero attached hydrogens (tertiary/aromatic N) is 3. The van der Waals surface area contributed by atoms with Crippen LogP contribution in [-0.4, -0.2) is 16.1 Å². The van der Waals surface area contributed by atoms with E-state index in [1.807, 2.05) is 56.3 Å². The van der Waals surface area contributed by atoms with Crippen LogP contribution in [0, 0.1) is 18.3 Å². The number of nitrogens with one attached hydrogen (secondary N) is 1. The van der Waals surface area contributed by atoms with E-state index in [0.717, 1.165) is 33.3 Å². The molecule has 2 aromatic carbocycles. The molecule has 0 unspecified atom stereocenters. The van der Waals surface area contributed by atoms with Crippen LogP contribution in [0.2, 0.25) is 0 Å². The van der Waals surface area contributed by atoms with E-state index in [9.17, 15) is 10.1 Å². The lowest BCUT2D eigenvalue weighted by Crippen LogP contribution is -2.13. The smallest absolute Gasteiger partial charge is 0.268 e. The third-order valence-corrected chi connectivity index (χ3v) is 4.82. The number of aryl methyl sites for hydroxylation is 2. The lowest BCUT2D eigenvalue weighted by Gasteiger charge is -2.07. The van der Waals surface area contributed by atoms with Gasteiger partial charge in [0.15, 0.2) is 0 Å². The van der Waals surface area contributed by atoms with Crippen molar-refractivity contribution in [2.45, 2.75) is 20.3 Å². The average Bonchev–Trinajstić information content (AvgIpc) is 3.08. The predicted molar refractivity (Wildman–Crippen MR) is 100 cm³/mol. The summed E-state index contributed by atoms with van der Waals surface area (Å²) in [6, 6.07) is 13.9. The molecule has 1 aromatic heterocycles. The first-order valence-corrected chi connectivity index (χ1v) is 8.68. The molecule has 3 rings (SSSR count). The highest BCUT2D eigenvalue weighted by Gasteiger charge is 2.14. The number of nitriles is 1. The molecule has 1 heterocycles. The van der Waals surface area contributed by atoms with Gasteiger partial charge in [0.2, 0.25) is 5.13 Å². The SMILES string of the molecule is CCc1nnc(NC(=O)C(C#N)=Cc2c(C)ccc3ccccc23)s1. The molecular weight excluding hydrogens is 332 g/mol. The van der Waals surface area contributed by atoms with Gasteiger partial charge in [-0.1, -0.05) is 54.7 Å². The summed E-state index contributed by atoms with van der Waals surface area (Å²) in [7, 11) is 0.